The molecule has 16 heavy (non-hydrogen) atoms. The Balaban J connectivity index is 2.61. The van der Waals surface area contributed by atoms with Crippen molar-refractivity contribution in [2.24, 2.45) is 0 Å². The van der Waals surface area contributed by atoms with E-state index in [9.17, 15) is 9.59 Å². The first-order valence-electron chi connectivity index (χ1n) is 4.44. The zero-order chi connectivity index (χ0) is 12.1. The van der Waals surface area contributed by atoms with Crippen LogP contribution in [-0.2, 0) is 14.3 Å². The molecule has 0 amide bonds. The molecule has 0 unspecified atom stereocenters. The maximum atomic E-state index is 11.7. The van der Waals surface area contributed by atoms with E-state index < -0.39 is 6.29 Å². The Kier molecular flexibility index (Phi) is 5.27. The number of halogens is 1. The van der Waals surface area contributed by atoms with Crippen molar-refractivity contribution in [3.63, 3.8) is 0 Å². The Morgan fingerprint density at radius 2 is 2.06 bits per heavy atom. The van der Waals surface area contributed by atoms with Crippen LogP contribution in [0.25, 0.3) is 0 Å². The van der Waals surface area contributed by atoms with Crippen LogP contribution in [0.5, 0.6) is 0 Å². The average molecular weight is 307 g/mol. The van der Waals surface area contributed by atoms with Crippen molar-refractivity contribution in [3.05, 3.63) is 20.8 Å². The first-order chi connectivity index (χ1) is 7.58. The topological polar surface area (TPSA) is 52.6 Å². The molecule has 1 heterocycles. The van der Waals surface area contributed by atoms with Crippen molar-refractivity contribution in [1.29, 1.82) is 0 Å². The van der Waals surface area contributed by atoms with Gasteiger partial charge < -0.3 is 9.47 Å². The highest BCUT2D eigenvalue weighted by molar-refractivity contribution is 9.10. The van der Waals surface area contributed by atoms with E-state index in [2.05, 4.69) is 15.9 Å². The Labute approximate surface area is 106 Å². The summed E-state index contributed by atoms with van der Waals surface area (Å²) in [5, 5.41) is 1.79. The molecule has 0 bridgehead atoms. The number of ketones is 2. The molecule has 88 valence electrons. The second-order valence-corrected chi connectivity index (χ2v) is 4.83. The van der Waals surface area contributed by atoms with Crippen LogP contribution >= 0.6 is 27.3 Å². The largest absolute Gasteiger partial charge is 0.349 e. The van der Waals surface area contributed by atoms with Gasteiger partial charge in [0.25, 0.3) is 0 Å². The summed E-state index contributed by atoms with van der Waals surface area (Å²) >= 11 is 4.54. The van der Waals surface area contributed by atoms with Crippen LogP contribution in [0.3, 0.4) is 0 Å². The fraction of sp³-hybridized carbons (Fsp3) is 0.400. The fourth-order valence-corrected chi connectivity index (χ4v) is 2.51. The highest BCUT2D eigenvalue weighted by atomic mass is 79.9. The number of hydrogen-bond acceptors (Lipinski definition) is 5. The summed E-state index contributed by atoms with van der Waals surface area (Å²) in [5.74, 6) is -0.598. The van der Waals surface area contributed by atoms with Gasteiger partial charge in [0.05, 0.1) is 11.3 Å². The molecule has 0 aliphatic carbocycles. The summed E-state index contributed by atoms with van der Waals surface area (Å²) < 4.78 is 10.4. The van der Waals surface area contributed by atoms with Gasteiger partial charge >= 0.3 is 0 Å². The molecule has 6 heteroatoms. The number of hydrogen-bond donors (Lipinski definition) is 0. The minimum atomic E-state index is -0.965. The molecule has 0 saturated carbocycles. The summed E-state index contributed by atoms with van der Waals surface area (Å²) in [6.07, 6.45) is -1.17. The summed E-state index contributed by atoms with van der Waals surface area (Å²) in [5.41, 5.74) is 0. The monoisotopic (exact) mass is 306 g/mol. The van der Waals surface area contributed by atoms with Crippen molar-refractivity contribution in [2.75, 3.05) is 14.2 Å². The van der Waals surface area contributed by atoms with Crippen LogP contribution in [0.4, 0.5) is 0 Å². The quantitative estimate of drug-likeness (QED) is 0.459. The molecule has 0 radical (unpaired) electrons. The molecular formula is C10H11BrO4S. The third-order valence-electron chi connectivity index (χ3n) is 1.87. The molecular weight excluding hydrogens is 296 g/mol. The smallest absolute Gasteiger partial charge is 0.217 e. The first-order valence-corrected chi connectivity index (χ1v) is 6.11. The number of rotatable bonds is 6. The summed E-state index contributed by atoms with van der Waals surface area (Å²) in [6, 6.07) is 1.69. The highest BCUT2D eigenvalue weighted by Gasteiger charge is 2.21. The minimum absolute atomic E-state index is 0.209. The molecule has 1 aromatic rings. The molecule has 4 nitrogen and oxygen atoms in total. The molecule has 0 atom stereocenters. The van der Waals surface area contributed by atoms with Gasteiger partial charge in [-0.05, 0) is 22.0 Å². The molecule has 0 saturated heterocycles. The van der Waals surface area contributed by atoms with Crippen LogP contribution in [0.15, 0.2) is 15.9 Å². The van der Waals surface area contributed by atoms with Gasteiger partial charge in [0, 0.05) is 24.1 Å². The number of Topliss-reactive ketones (excluding diaryl/α,β-unsaturated/α-hetero) is 2. The lowest BCUT2D eigenvalue weighted by molar-refractivity contribution is -0.155. The summed E-state index contributed by atoms with van der Waals surface area (Å²) in [7, 11) is 2.72. The van der Waals surface area contributed by atoms with Crippen molar-refractivity contribution in [2.45, 2.75) is 12.7 Å². The number of methoxy groups -OCH3 is 2. The van der Waals surface area contributed by atoms with E-state index in [4.69, 9.17) is 9.47 Å². The van der Waals surface area contributed by atoms with Gasteiger partial charge in [-0.15, -0.1) is 11.3 Å². The van der Waals surface area contributed by atoms with E-state index in [0.29, 0.717) is 4.88 Å². The lowest BCUT2D eigenvalue weighted by Gasteiger charge is -2.10. The van der Waals surface area contributed by atoms with Gasteiger partial charge in [-0.25, -0.2) is 0 Å². The maximum absolute atomic E-state index is 11.7. The highest BCUT2D eigenvalue weighted by Crippen LogP contribution is 2.21. The molecule has 0 aromatic carbocycles. The molecule has 0 spiro atoms. The number of thiophene rings is 1. The second kappa shape index (κ2) is 6.24. The molecule has 1 aromatic heterocycles. The van der Waals surface area contributed by atoms with Crippen LogP contribution < -0.4 is 0 Å². The Bertz CT molecular complexity index is 384. The molecule has 1 rings (SSSR count). The van der Waals surface area contributed by atoms with Gasteiger partial charge in [-0.3, -0.25) is 9.59 Å². The maximum Gasteiger partial charge on any atom is 0.217 e. The zero-order valence-electron chi connectivity index (χ0n) is 8.86. The number of carbonyl (C=O) groups is 2. The van der Waals surface area contributed by atoms with Crippen LogP contribution in [-0.4, -0.2) is 32.1 Å². The fourth-order valence-electron chi connectivity index (χ4n) is 1.15. The van der Waals surface area contributed by atoms with Crippen LogP contribution in [0.2, 0.25) is 0 Å². The van der Waals surface area contributed by atoms with Crippen molar-refractivity contribution in [3.8, 4) is 0 Å². The van der Waals surface area contributed by atoms with Gasteiger partial charge in [-0.1, -0.05) is 0 Å². The number of carbonyl (C=O) groups excluding carboxylic acids is 2. The van der Waals surface area contributed by atoms with Gasteiger partial charge in [-0.2, -0.15) is 0 Å². The SMILES string of the molecule is COC(OC)C(=O)CC(=O)c1cc(Br)cs1. The third kappa shape index (κ3) is 3.48. The van der Waals surface area contributed by atoms with E-state index >= 15 is 0 Å². The molecule has 0 aliphatic rings. The van der Waals surface area contributed by atoms with E-state index in [1.165, 1.54) is 25.6 Å². The van der Waals surface area contributed by atoms with Crippen molar-refractivity contribution < 1.29 is 19.1 Å². The van der Waals surface area contributed by atoms with Crippen LogP contribution in [0.1, 0.15) is 16.1 Å². The average Bonchev–Trinajstić information content (AvgIpc) is 2.66. The Hall–Kier alpha value is -0.560. The van der Waals surface area contributed by atoms with E-state index in [0.717, 1.165) is 4.47 Å². The number of ether oxygens (including phenoxy) is 2. The van der Waals surface area contributed by atoms with E-state index in [1.807, 2.05) is 0 Å². The van der Waals surface area contributed by atoms with E-state index in [-0.39, 0.29) is 18.0 Å². The molecule has 0 aliphatic heterocycles. The Morgan fingerprint density at radius 1 is 1.44 bits per heavy atom. The first kappa shape index (κ1) is 13.5. The van der Waals surface area contributed by atoms with Crippen molar-refractivity contribution in [1.82, 2.24) is 0 Å². The predicted octanol–water partition coefficient (Wildman–Crippen LogP) is 2.27. The summed E-state index contributed by atoms with van der Waals surface area (Å²) in [6.45, 7) is 0. The summed E-state index contributed by atoms with van der Waals surface area (Å²) in [4.78, 5) is 23.7. The zero-order valence-corrected chi connectivity index (χ0v) is 11.3. The third-order valence-corrected chi connectivity index (χ3v) is 3.60. The Morgan fingerprint density at radius 3 is 2.50 bits per heavy atom. The normalized spacial score (nSPS) is 10.8. The lowest BCUT2D eigenvalue weighted by Crippen LogP contribution is -2.26. The van der Waals surface area contributed by atoms with Gasteiger partial charge in [0.2, 0.25) is 6.29 Å². The van der Waals surface area contributed by atoms with E-state index in [1.54, 1.807) is 11.4 Å². The molecule has 0 N–H and O–H groups in total. The second-order valence-electron chi connectivity index (χ2n) is 3.00. The van der Waals surface area contributed by atoms with Crippen molar-refractivity contribution >= 4 is 38.8 Å². The lowest BCUT2D eigenvalue weighted by atomic mass is 10.1. The van der Waals surface area contributed by atoms with Gasteiger partial charge in [0.1, 0.15) is 0 Å². The van der Waals surface area contributed by atoms with Gasteiger partial charge in [0.15, 0.2) is 11.6 Å². The predicted molar refractivity (Wildman–Crippen MR) is 63.8 cm³/mol. The standard InChI is InChI=1S/C10H11BrO4S/c1-14-10(15-2)8(13)4-7(12)9-3-6(11)5-16-9/h3,5,10H,4H2,1-2H3. The molecule has 0 fully saturated rings. The minimum Gasteiger partial charge on any atom is -0.349 e. The van der Waals surface area contributed by atoms with Crippen LogP contribution in [0, 0.1) is 0 Å².